The van der Waals surface area contributed by atoms with E-state index in [1.165, 1.54) is 25.1 Å². The fourth-order valence-electron chi connectivity index (χ4n) is 1.51. The molecule has 0 heterocycles. The van der Waals surface area contributed by atoms with Crippen LogP contribution in [0.15, 0.2) is 24.3 Å². The van der Waals surface area contributed by atoms with Crippen LogP contribution in [0.2, 0.25) is 0 Å². The molecule has 0 bridgehead atoms. The highest BCUT2D eigenvalue weighted by Crippen LogP contribution is 2.18. The van der Waals surface area contributed by atoms with Crippen LogP contribution < -0.4 is 10.6 Å². The Morgan fingerprint density at radius 3 is 2.84 bits per heavy atom. The van der Waals surface area contributed by atoms with Crippen LogP contribution in [0, 0.1) is 21.4 Å². The van der Waals surface area contributed by atoms with Gasteiger partial charge in [-0.3, -0.25) is 20.2 Å². The first-order chi connectivity index (χ1) is 9.04. The minimum absolute atomic E-state index is 0.0542. The quantitative estimate of drug-likeness (QED) is 0.449. The van der Waals surface area contributed by atoms with Crippen LogP contribution in [0.3, 0.4) is 0 Å². The van der Waals surface area contributed by atoms with E-state index in [2.05, 4.69) is 10.6 Å². The molecule has 0 radical (unpaired) electrons. The minimum Gasteiger partial charge on any atom is -0.355 e. The molecule has 1 rings (SSSR count). The van der Waals surface area contributed by atoms with E-state index in [4.69, 9.17) is 5.26 Å². The number of carbonyl (C=O) groups is 1. The Labute approximate surface area is 110 Å². The van der Waals surface area contributed by atoms with Crippen molar-refractivity contribution in [2.24, 2.45) is 0 Å². The smallest absolute Gasteiger partial charge is 0.269 e. The third-order valence-electron chi connectivity index (χ3n) is 2.39. The first-order valence-corrected chi connectivity index (χ1v) is 5.66. The van der Waals surface area contributed by atoms with E-state index in [1.807, 2.05) is 6.07 Å². The predicted octanol–water partition coefficient (Wildman–Crippen LogP) is 0.885. The van der Waals surface area contributed by atoms with Gasteiger partial charge in [-0.1, -0.05) is 12.1 Å². The summed E-state index contributed by atoms with van der Waals surface area (Å²) in [6, 6.07) is 7.29. The lowest BCUT2D eigenvalue weighted by molar-refractivity contribution is -0.384. The van der Waals surface area contributed by atoms with E-state index < -0.39 is 11.0 Å². The summed E-state index contributed by atoms with van der Waals surface area (Å²) in [5, 5.41) is 25.2. The molecule has 0 aliphatic rings. The van der Waals surface area contributed by atoms with E-state index >= 15 is 0 Å². The lowest BCUT2D eigenvalue weighted by Gasteiger charge is -2.11. The van der Waals surface area contributed by atoms with Crippen molar-refractivity contribution in [1.82, 2.24) is 10.6 Å². The monoisotopic (exact) mass is 262 g/mol. The highest BCUT2D eigenvalue weighted by atomic mass is 16.6. The van der Waals surface area contributed by atoms with Crippen molar-refractivity contribution in [3.63, 3.8) is 0 Å². The Morgan fingerprint density at radius 2 is 2.26 bits per heavy atom. The predicted molar refractivity (Wildman–Crippen MR) is 68.1 cm³/mol. The minimum atomic E-state index is -0.645. The van der Waals surface area contributed by atoms with Crippen molar-refractivity contribution in [2.75, 3.05) is 13.1 Å². The number of rotatable bonds is 6. The van der Waals surface area contributed by atoms with Gasteiger partial charge in [0.15, 0.2) is 0 Å². The van der Waals surface area contributed by atoms with Crippen molar-refractivity contribution in [1.29, 1.82) is 5.26 Å². The van der Waals surface area contributed by atoms with Crippen molar-refractivity contribution in [2.45, 2.75) is 13.0 Å². The molecule has 1 atom stereocenters. The van der Waals surface area contributed by atoms with Gasteiger partial charge in [0.1, 0.15) is 6.04 Å². The van der Waals surface area contributed by atoms with E-state index in [9.17, 15) is 14.9 Å². The molecular formula is C12H14N4O3. The summed E-state index contributed by atoms with van der Waals surface area (Å²) in [5.74, 6) is -0.148. The van der Waals surface area contributed by atoms with Crippen molar-refractivity contribution in [3.05, 3.63) is 39.9 Å². The lowest BCUT2D eigenvalue weighted by Crippen LogP contribution is -2.32. The molecule has 0 saturated heterocycles. The van der Waals surface area contributed by atoms with Gasteiger partial charge in [-0.05, 0) is 5.56 Å². The number of nitriles is 1. The molecule has 1 aromatic rings. The maximum atomic E-state index is 10.7. The number of nitro groups is 1. The zero-order chi connectivity index (χ0) is 14.3. The van der Waals surface area contributed by atoms with Gasteiger partial charge < -0.3 is 5.32 Å². The van der Waals surface area contributed by atoms with Gasteiger partial charge in [0, 0.05) is 32.1 Å². The molecular weight excluding hydrogens is 248 g/mol. The Morgan fingerprint density at radius 1 is 1.53 bits per heavy atom. The van der Waals surface area contributed by atoms with Crippen LogP contribution in [-0.2, 0) is 4.79 Å². The number of amides is 1. The van der Waals surface area contributed by atoms with Crippen molar-refractivity contribution >= 4 is 11.6 Å². The lowest BCUT2D eigenvalue weighted by atomic mass is 10.1. The summed E-state index contributed by atoms with van der Waals surface area (Å²) in [6.45, 7) is 2.20. The molecule has 1 aromatic carbocycles. The van der Waals surface area contributed by atoms with Crippen LogP contribution in [0.5, 0.6) is 0 Å². The summed E-state index contributed by atoms with van der Waals surface area (Å²) < 4.78 is 0. The molecule has 0 spiro atoms. The van der Waals surface area contributed by atoms with E-state index in [-0.39, 0.29) is 11.6 Å². The molecule has 0 aromatic heterocycles. The standard InChI is InChI=1S/C12H14N4O3/c1-9(17)14-5-6-15-12(8-13)10-3-2-4-11(7-10)16(18)19/h2-4,7,12,15H,5-6H2,1H3,(H,14,17). The number of hydrogen-bond donors (Lipinski definition) is 2. The van der Waals surface area contributed by atoms with Crippen LogP contribution in [-0.4, -0.2) is 23.9 Å². The van der Waals surface area contributed by atoms with E-state index in [0.29, 0.717) is 18.7 Å². The number of nitrogens with zero attached hydrogens (tertiary/aromatic N) is 2. The molecule has 0 fully saturated rings. The number of nitro benzene ring substituents is 1. The molecule has 0 aliphatic heterocycles. The van der Waals surface area contributed by atoms with Crippen LogP contribution in [0.25, 0.3) is 0 Å². The summed E-state index contributed by atoms with van der Waals surface area (Å²) >= 11 is 0. The second-order valence-electron chi connectivity index (χ2n) is 3.85. The third-order valence-corrected chi connectivity index (χ3v) is 2.39. The first-order valence-electron chi connectivity index (χ1n) is 5.66. The summed E-state index contributed by atoms with van der Waals surface area (Å²) in [4.78, 5) is 20.8. The van der Waals surface area contributed by atoms with Crippen LogP contribution in [0.4, 0.5) is 5.69 Å². The molecule has 19 heavy (non-hydrogen) atoms. The Bertz CT molecular complexity index is 510. The molecule has 7 heteroatoms. The normalized spacial score (nSPS) is 11.4. The molecule has 0 saturated carbocycles. The zero-order valence-corrected chi connectivity index (χ0v) is 10.4. The average Bonchev–Trinajstić information content (AvgIpc) is 2.38. The number of benzene rings is 1. The largest absolute Gasteiger partial charge is 0.355 e. The average molecular weight is 262 g/mol. The topological polar surface area (TPSA) is 108 Å². The SMILES string of the molecule is CC(=O)NCCNC(C#N)c1cccc([N+](=O)[O-])c1. The third kappa shape index (κ3) is 4.73. The van der Waals surface area contributed by atoms with Crippen LogP contribution in [0.1, 0.15) is 18.5 Å². The van der Waals surface area contributed by atoms with E-state index in [1.54, 1.807) is 6.07 Å². The summed E-state index contributed by atoms with van der Waals surface area (Å²) in [5.41, 5.74) is 0.473. The Kier molecular flexibility index (Phi) is 5.44. The van der Waals surface area contributed by atoms with Gasteiger partial charge in [-0.25, -0.2) is 0 Å². The highest BCUT2D eigenvalue weighted by Gasteiger charge is 2.13. The Balaban J connectivity index is 2.64. The number of carbonyl (C=O) groups excluding carboxylic acids is 1. The van der Waals surface area contributed by atoms with Crippen molar-refractivity contribution in [3.8, 4) is 6.07 Å². The van der Waals surface area contributed by atoms with Gasteiger partial charge in [-0.15, -0.1) is 0 Å². The van der Waals surface area contributed by atoms with Gasteiger partial charge in [0.2, 0.25) is 5.91 Å². The molecule has 100 valence electrons. The van der Waals surface area contributed by atoms with Gasteiger partial charge >= 0.3 is 0 Å². The molecule has 2 N–H and O–H groups in total. The molecule has 1 unspecified atom stereocenters. The second-order valence-corrected chi connectivity index (χ2v) is 3.85. The fraction of sp³-hybridized carbons (Fsp3) is 0.333. The number of non-ortho nitro benzene ring substituents is 1. The first kappa shape index (κ1) is 14.6. The summed E-state index contributed by atoms with van der Waals surface area (Å²) in [6.07, 6.45) is 0. The van der Waals surface area contributed by atoms with E-state index in [0.717, 1.165) is 0 Å². The second kappa shape index (κ2) is 7.08. The fourth-order valence-corrected chi connectivity index (χ4v) is 1.51. The van der Waals surface area contributed by atoms with Gasteiger partial charge in [0.25, 0.3) is 5.69 Å². The summed E-state index contributed by atoms with van der Waals surface area (Å²) in [7, 11) is 0. The number of nitrogens with one attached hydrogen (secondary N) is 2. The van der Waals surface area contributed by atoms with Gasteiger partial charge in [0.05, 0.1) is 11.0 Å². The van der Waals surface area contributed by atoms with Gasteiger partial charge in [-0.2, -0.15) is 5.26 Å². The maximum Gasteiger partial charge on any atom is 0.269 e. The Hall–Kier alpha value is -2.46. The maximum absolute atomic E-state index is 10.7. The number of hydrogen-bond acceptors (Lipinski definition) is 5. The van der Waals surface area contributed by atoms with Crippen molar-refractivity contribution < 1.29 is 9.72 Å². The molecule has 7 nitrogen and oxygen atoms in total. The molecule has 1 amide bonds. The zero-order valence-electron chi connectivity index (χ0n) is 10.4. The van der Waals surface area contributed by atoms with Crippen LogP contribution >= 0.6 is 0 Å². The highest BCUT2D eigenvalue weighted by molar-refractivity contribution is 5.72. The molecule has 0 aliphatic carbocycles.